The molecule has 0 spiro atoms. The number of nitrogens with one attached hydrogen (secondary N) is 3. The van der Waals surface area contributed by atoms with Crippen LogP contribution in [0.15, 0.2) is 24.5 Å². The maximum Gasteiger partial charge on any atom is 0.276 e. The van der Waals surface area contributed by atoms with Gasteiger partial charge < -0.3 is 10.7 Å². The van der Waals surface area contributed by atoms with Crippen LogP contribution in [0.2, 0.25) is 0 Å². The molecule has 0 aliphatic rings. The van der Waals surface area contributed by atoms with Gasteiger partial charge in [0.05, 0.1) is 11.9 Å². The summed E-state index contributed by atoms with van der Waals surface area (Å²) in [6.07, 6.45) is 3.04. The van der Waals surface area contributed by atoms with E-state index in [0.29, 0.717) is 11.5 Å². The normalized spacial score (nSPS) is 9.81. The van der Waals surface area contributed by atoms with Crippen molar-refractivity contribution in [3.63, 3.8) is 0 Å². The number of H-pyrrole nitrogens is 1. The van der Waals surface area contributed by atoms with Crippen LogP contribution in [0.5, 0.6) is 0 Å². The molecule has 0 unspecified atom stereocenters. The van der Waals surface area contributed by atoms with Gasteiger partial charge >= 0.3 is 0 Å². The third kappa shape index (κ3) is 2.12. The lowest BCUT2D eigenvalue weighted by atomic mass is 10.3. The predicted octanol–water partition coefficient (Wildman–Crippen LogP) is -0.262. The third-order valence-corrected chi connectivity index (χ3v) is 1.80. The van der Waals surface area contributed by atoms with Crippen LogP contribution in [-0.4, -0.2) is 26.3 Å². The Morgan fingerprint density at radius 2 is 2.25 bits per heavy atom. The molecule has 0 aliphatic heterocycles. The summed E-state index contributed by atoms with van der Waals surface area (Å²) in [7, 11) is 0. The second kappa shape index (κ2) is 4.36. The van der Waals surface area contributed by atoms with Gasteiger partial charge in [0.25, 0.3) is 5.91 Å². The van der Waals surface area contributed by atoms with Crippen LogP contribution in [0.25, 0.3) is 0 Å². The van der Waals surface area contributed by atoms with E-state index in [0.717, 1.165) is 0 Å². The van der Waals surface area contributed by atoms with Crippen molar-refractivity contribution in [2.24, 2.45) is 5.84 Å². The lowest BCUT2D eigenvalue weighted by Gasteiger charge is -2.01. The minimum absolute atomic E-state index is 0.195. The molecule has 0 atom stereocenters. The van der Waals surface area contributed by atoms with Crippen molar-refractivity contribution >= 4 is 17.4 Å². The van der Waals surface area contributed by atoms with E-state index in [-0.39, 0.29) is 11.6 Å². The molecule has 5 N–H and O–H groups in total. The molecule has 2 aromatic rings. The van der Waals surface area contributed by atoms with Crippen LogP contribution >= 0.6 is 0 Å². The fourth-order valence-electron chi connectivity index (χ4n) is 1.04. The standard InChI is InChI=1S/C8H9N7O/c9-13-7-2-1-6(14-15-7)8(16)12-5-3-10-11-4-5/h1-4H,9H2,(H,10,11)(H,12,16)(H,13,15). The Hall–Kier alpha value is -2.48. The highest BCUT2D eigenvalue weighted by atomic mass is 16.1. The van der Waals surface area contributed by atoms with E-state index in [1.54, 1.807) is 12.3 Å². The van der Waals surface area contributed by atoms with E-state index in [4.69, 9.17) is 5.84 Å². The number of aromatic nitrogens is 4. The number of hydrogen-bond donors (Lipinski definition) is 4. The second-order valence-corrected chi connectivity index (χ2v) is 2.89. The van der Waals surface area contributed by atoms with E-state index in [2.05, 4.69) is 31.1 Å². The quantitative estimate of drug-likeness (QED) is 0.416. The first kappa shape index (κ1) is 10.1. The Morgan fingerprint density at radius 1 is 1.38 bits per heavy atom. The molecular formula is C8H9N7O. The topological polar surface area (TPSA) is 122 Å². The van der Waals surface area contributed by atoms with Crippen LogP contribution in [-0.2, 0) is 0 Å². The van der Waals surface area contributed by atoms with E-state index in [1.807, 2.05) is 0 Å². The Labute approximate surface area is 90.2 Å². The van der Waals surface area contributed by atoms with Gasteiger partial charge in [0.1, 0.15) is 0 Å². The molecule has 2 rings (SSSR count). The number of carbonyl (C=O) groups excluding carboxylic acids is 1. The third-order valence-electron chi connectivity index (χ3n) is 1.80. The Kier molecular flexibility index (Phi) is 2.74. The molecule has 2 heterocycles. The summed E-state index contributed by atoms with van der Waals surface area (Å²) in [5.74, 6) is 5.15. The zero-order chi connectivity index (χ0) is 11.4. The molecule has 0 aromatic carbocycles. The average Bonchev–Trinajstić information content (AvgIpc) is 2.82. The zero-order valence-corrected chi connectivity index (χ0v) is 8.14. The number of hydrogen-bond acceptors (Lipinski definition) is 6. The summed E-state index contributed by atoms with van der Waals surface area (Å²) >= 11 is 0. The lowest BCUT2D eigenvalue weighted by Crippen LogP contribution is -2.15. The molecule has 1 amide bonds. The van der Waals surface area contributed by atoms with Crippen LogP contribution in [0.4, 0.5) is 11.5 Å². The summed E-state index contributed by atoms with van der Waals surface area (Å²) in [6.45, 7) is 0. The molecule has 2 aromatic heterocycles. The van der Waals surface area contributed by atoms with Crippen LogP contribution < -0.4 is 16.6 Å². The molecule has 0 fully saturated rings. The number of carbonyl (C=O) groups is 1. The van der Waals surface area contributed by atoms with Gasteiger partial charge in [-0.1, -0.05) is 0 Å². The highest BCUT2D eigenvalue weighted by molar-refractivity contribution is 6.02. The number of anilines is 2. The van der Waals surface area contributed by atoms with Gasteiger partial charge in [-0.15, -0.1) is 10.2 Å². The number of nitrogens with two attached hydrogens (primary N) is 1. The van der Waals surface area contributed by atoms with E-state index < -0.39 is 0 Å². The maximum absolute atomic E-state index is 11.6. The second-order valence-electron chi connectivity index (χ2n) is 2.89. The van der Waals surface area contributed by atoms with Crippen LogP contribution in [0.1, 0.15) is 10.5 Å². The molecule has 8 heteroatoms. The zero-order valence-electron chi connectivity index (χ0n) is 8.14. The van der Waals surface area contributed by atoms with Gasteiger partial charge in [0, 0.05) is 6.20 Å². The highest BCUT2D eigenvalue weighted by Crippen LogP contribution is 2.05. The van der Waals surface area contributed by atoms with Gasteiger partial charge in [-0.05, 0) is 12.1 Å². The monoisotopic (exact) mass is 219 g/mol. The Bertz CT molecular complexity index is 464. The molecule has 0 radical (unpaired) electrons. The molecule has 0 aliphatic carbocycles. The first-order valence-electron chi connectivity index (χ1n) is 4.40. The fourth-order valence-corrected chi connectivity index (χ4v) is 1.04. The van der Waals surface area contributed by atoms with Crippen molar-refractivity contribution in [3.05, 3.63) is 30.2 Å². The minimum Gasteiger partial charge on any atom is -0.318 e. The molecule has 0 saturated carbocycles. The van der Waals surface area contributed by atoms with Gasteiger partial charge in [-0.3, -0.25) is 9.89 Å². The summed E-state index contributed by atoms with van der Waals surface area (Å²) in [5.41, 5.74) is 3.08. The fraction of sp³-hybridized carbons (Fsp3) is 0. The number of amides is 1. The number of rotatable bonds is 3. The number of nitrogens with zero attached hydrogens (tertiary/aromatic N) is 3. The summed E-state index contributed by atoms with van der Waals surface area (Å²) < 4.78 is 0. The molecule has 82 valence electrons. The first-order chi connectivity index (χ1) is 7.79. The van der Waals surface area contributed by atoms with Gasteiger partial charge in [0.2, 0.25) is 0 Å². The first-order valence-corrected chi connectivity index (χ1v) is 4.40. The smallest absolute Gasteiger partial charge is 0.276 e. The van der Waals surface area contributed by atoms with Crippen molar-refractivity contribution in [1.82, 2.24) is 20.4 Å². The minimum atomic E-state index is -0.363. The highest BCUT2D eigenvalue weighted by Gasteiger charge is 2.08. The molecule has 8 nitrogen and oxygen atoms in total. The molecule has 0 bridgehead atoms. The van der Waals surface area contributed by atoms with Crippen molar-refractivity contribution in [2.75, 3.05) is 10.7 Å². The summed E-state index contributed by atoms with van der Waals surface area (Å²) in [6, 6.07) is 3.06. The van der Waals surface area contributed by atoms with Crippen molar-refractivity contribution < 1.29 is 4.79 Å². The van der Waals surface area contributed by atoms with Crippen LogP contribution in [0.3, 0.4) is 0 Å². The average molecular weight is 219 g/mol. The predicted molar refractivity (Wildman–Crippen MR) is 56.4 cm³/mol. The van der Waals surface area contributed by atoms with E-state index in [1.165, 1.54) is 12.3 Å². The molecular weight excluding hydrogens is 210 g/mol. The Balaban J connectivity index is 2.09. The number of aromatic amines is 1. The van der Waals surface area contributed by atoms with Crippen molar-refractivity contribution in [2.45, 2.75) is 0 Å². The van der Waals surface area contributed by atoms with Crippen LogP contribution in [0, 0.1) is 0 Å². The molecule has 16 heavy (non-hydrogen) atoms. The van der Waals surface area contributed by atoms with Gasteiger partial charge in [-0.25, -0.2) is 5.84 Å². The SMILES string of the molecule is NNc1ccc(C(=O)Nc2cn[nH]c2)nn1. The van der Waals surface area contributed by atoms with E-state index >= 15 is 0 Å². The lowest BCUT2D eigenvalue weighted by molar-refractivity contribution is 0.102. The van der Waals surface area contributed by atoms with Gasteiger partial charge in [-0.2, -0.15) is 5.10 Å². The van der Waals surface area contributed by atoms with Crippen molar-refractivity contribution in [1.29, 1.82) is 0 Å². The summed E-state index contributed by atoms with van der Waals surface area (Å²) in [4.78, 5) is 11.6. The largest absolute Gasteiger partial charge is 0.318 e. The molecule has 0 saturated heterocycles. The maximum atomic E-state index is 11.6. The van der Waals surface area contributed by atoms with Crippen molar-refractivity contribution in [3.8, 4) is 0 Å². The van der Waals surface area contributed by atoms with E-state index in [9.17, 15) is 4.79 Å². The summed E-state index contributed by atoms with van der Waals surface area (Å²) in [5, 5.41) is 16.2. The van der Waals surface area contributed by atoms with Gasteiger partial charge in [0.15, 0.2) is 11.5 Å². The number of hydrazine groups is 1. The Morgan fingerprint density at radius 3 is 2.81 bits per heavy atom. The number of nitrogen functional groups attached to an aromatic ring is 1.